The maximum atomic E-state index is 4.65. The van der Waals surface area contributed by atoms with Crippen molar-refractivity contribution in [3.63, 3.8) is 0 Å². The van der Waals surface area contributed by atoms with Crippen molar-refractivity contribution < 1.29 is 0 Å². The van der Waals surface area contributed by atoms with E-state index >= 15 is 0 Å². The van der Waals surface area contributed by atoms with Gasteiger partial charge in [-0.25, -0.2) is 0 Å². The van der Waals surface area contributed by atoms with Crippen LogP contribution >= 0.6 is 0 Å². The standard InChI is InChI=1S/C19H28N6/c1-4-24(5-2)17-10-8-16(9-11-17)21-18-13-20-23-19(22-18)25-12-6-7-15(3)14-25/h8-11,13,15H,4-7,12,14H2,1-3H3,(H,21,22,23). The van der Waals surface area contributed by atoms with Crippen LogP contribution in [0, 0.1) is 5.92 Å². The van der Waals surface area contributed by atoms with Crippen molar-refractivity contribution in [3.8, 4) is 0 Å². The molecule has 1 unspecified atom stereocenters. The number of hydrogen-bond donors (Lipinski definition) is 1. The molecule has 0 bridgehead atoms. The Balaban J connectivity index is 1.69. The van der Waals surface area contributed by atoms with Crippen LogP contribution in [-0.2, 0) is 0 Å². The fraction of sp³-hybridized carbons (Fsp3) is 0.526. The SMILES string of the molecule is CCN(CC)c1ccc(Nc2cnnc(N3CCCC(C)C3)n2)cc1. The molecular formula is C19H28N6. The molecule has 0 amide bonds. The van der Waals surface area contributed by atoms with Crippen LogP contribution in [0.5, 0.6) is 0 Å². The average molecular weight is 340 g/mol. The fourth-order valence-corrected chi connectivity index (χ4v) is 3.35. The fourth-order valence-electron chi connectivity index (χ4n) is 3.35. The second-order valence-corrected chi connectivity index (χ2v) is 6.68. The number of piperidine rings is 1. The molecule has 1 N–H and O–H groups in total. The molecule has 6 heteroatoms. The van der Waals surface area contributed by atoms with Gasteiger partial charge < -0.3 is 15.1 Å². The first-order chi connectivity index (χ1) is 12.2. The minimum Gasteiger partial charge on any atom is -0.372 e. The summed E-state index contributed by atoms with van der Waals surface area (Å²) in [5.41, 5.74) is 2.24. The van der Waals surface area contributed by atoms with Crippen LogP contribution in [0.15, 0.2) is 30.5 Å². The first kappa shape index (κ1) is 17.5. The number of nitrogens with one attached hydrogen (secondary N) is 1. The van der Waals surface area contributed by atoms with Gasteiger partial charge >= 0.3 is 0 Å². The summed E-state index contributed by atoms with van der Waals surface area (Å²) in [4.78, 5) is 9.20. The third-order valence-corrected chi connectivity index (χ3v) is 4.76. The Morgan fingerprint density at radius 1 is 1.20 bits per heavy atom. The number of benzene rings is 1. The monoisotopic (exact) mass is 340 g/mol. The van der Waals surface area contributed by atoms with E-state index < -0.39 is 0 Å². The number of aromatic nitrogens is 3. The van der Waals surface area contributed by atoms with Gasteiger partial charge in [0.05, 0.1) is 6.20 Å². The Bertz CT molecular complexity index is 668. The Morgan fingerprint density at radius 2 is 1.96 bits per heavy atom. The van der Waals surface area contributed by atoms with E-state index in [1.54, 1.807) is 6.20 Å². The van der Waals surface area contributed by atoms with Crippen molar-refractivity contribution in [1.29, 1.82) is 0 Å². The van der Waals surface area contributed by atoms with Crippen LogP contribution in [-0.4, -0.2) is 41.4 Å². The lowest BCUT2D eigenvalue weighted by atomic mass is 10.0. The van der Waals surface area contributed by atoms with Crippen molar-refractivity contribution in [2.24, 2.45) is 5.92 Å². The minimum atomic E-state index is 0.682. The first-order valence-electron chi connectivity index (χ1n) is 9.26. The molecule has 1 aromatic heterocycles. The van der Waals surface area contributed by atoms with Crippen molar-refractivity contribution >= 4 is 23.1 Å². The van der Waals surface area contributed by atoms with E-state index in [1.807, 2.05) is 0 Å². The van der Waals surface area contributed by atoms with Gasteiger partial charge in [-0.15, -0.1) is 5.10 Å². The van der Waals surface area contributed by atoms with E-state index in [2.05, 4.69) is 75.3 Å². The maximum Gasteiger partial charge on any atom is 0.247 e. The molecule has 1 aromatic carbocycles. The molecule has 1 atom stereocenters. The van der Waals surface area contributed by atoms with Crippen molar-refractivity contribution in [1.82, 2.24) is 15.2 Å². The summed E-state index contributed by atoms with van der Waals surface area (Å²) in [5.74, 6) is 2.14. The van der Waals surface area contributed by atoms with Crippen molar-refractivity contribution in [3.05, 3.63) is 30.5 Å². The van der Waals surface area contributed by atoms with Gasteiger partial charge in [-0.05, 0) is 56.9 Å². The Hall–Kier alpha value is -2.37. The van der Waals surface area contributed by atoms with Gasteiger partial charge in [-0.2, -0.15) is 10.1 Å². The number of nitrogens with zero attached hydrogens (tertiary/aromatic N) is 5. The van der Waals surface area contributed by atoms with E-state index in [1.165, 1.54) is 18.5 Å². The van der Waals surface area contributed by atoms with Gasteiger partial charge in [0.2, 0.25) is 5.95 Å². The van der Waals surface area contributed by atoms with Crippen molar-refractivity contribution in [2.45, 2.75) is 33.6 Å². The second-order valence-electron chi connectivity index (χ2n) is 6.68. The Labute approximate surface area is 150 Å². The zero-order chi connectivity index (χ0) is 17.6. The minimum absolute atomic E-state index is 0.682. The summed E-state index contributed by atoms with van der Waals surface area (Å²) in [5, 5.41) is 11.7. The van der Waals surface area contributed by atoms with E-state index in [0.29, 0.717) is 5.92 Å². The van der Waals surface area contributed by atoms with Crippen molar-refractivity contribution in [2.75, 3.05) is 41.3 Å². The molecule has 3 rings (SSSR count). The lowest BCUT2D eigenvalue weighted by Crippen LogP contribution is -2.35. The molecule has 0 spiro atoms. The highest BCUT2D eigenvalue weighted by Gasteiger charge is 2.19. The molecule has 0 radical (unpaired) electrons. The van der Waals surface area contributed by atoms with Gasteiger partial charge in [-0.3, -0.25) is 0 Å². The van der Waals surface area contributed by atoms with Crippen LogP contribution in [0.25, 0.3) is 0 Å². The zero-order valence-corrected chi connectivity index (χ0v) is 15.4. The summed E-state index contributed by atoms with van der Waals surface area (Å²) in [6, 6.07) is 8.44. The average Bonchev–Trinajstić information content (AvgIpc) is 2.64. The molecule has 134 valence electrons. The van der Waals surface area contributed by atoms with Crippen LogP contribution in [0.3, 0.4) is 0 Å². The maximum absolute atomic E-state index is 4.65. The predicted octanol–water partition coefficient (Wildman–Crippen LogP) is 3.70. The Kier molecular flexibility index (Phi) is 5.68. The molecule has 6 nitrogen and oxygen atoms in total. The summed E-state index contributed by atoms with van der Waals surface area (Å²) >= 11 is 0. The summed E-state index contributed by atoms with van der Waals surface area (Å²) in [7, 11) is 0. The number of anilines is 4. The number of rotatable bonds is 6. The molecule has 2 heterocycles. The number of hydrogen-bond acceptors (Lipinski definition) is 6. The molecule has 0 aliphatic carbocycles. The molecule has 1 aliphatic rings. The van der Waals surface area contributed by atoms with Crippen LogP contribution in [0.1, 0.15) is 33.6 Å². The highest BCUT2D eigenvalue weighted by molar-refractivity contribution is 5.60. The summed E-state index contributed by atoms with van der Waals surface area (Å²) in [6.07, 6.45) is 4.14. The molecular weight excluding hydrogens is 312 g/mol. The Morgan fingerprint density at radius 3 is 2.64 bits per heavy atom. The molecule has 25 heavy (non-hydrogen) atoms. The third kappa shape index (κ3) is 4.38. The first-order valence-corrected chi connectivity index (χ1v) is 9.26. The van der Waals surface area contributed by atoms with E-state index in [-0.39, 0.29) is 0 Å². The molecule has 1 saturated heterocycles. The van der Waals surface area contributed by atoms with Gasteiger partial charge in [0, 0.05) is 37.6 Å². The normalized spacial score (nSPS) is 17.4. The lowest BCUT2D eigenvalue weighted by Gasteiger charge is -2.30. The van der Waals surface area contributed by atoms with E-state index in [4.69, 9.17) is 0 Å². The smallest absolute Gasteiger partial charge is 0.247 e. The quantitative estimate of drug-likeness (QED) is 0.865. The van der Waals surface area contributed by atoms with E-state index in [9.17, 15) is 0 Å². The van der Waals surface area contributed by atoms with Gasteiger partial charge in [0.15, 0.2) is 5.82 Å². The van der Waals surface area contributed by atoms with Crippen LogP contribution < -0.4 is 15.1 Å². The van der Waals surface area contributed by atoms with Gasteiger partial charge in [0.25, 0.3) is 0 Å². The topological polar surface area (TPSA) is 57.2 Å². The van der Waals surface area contributed by atoms with Gasteiger partial charge in [0.1, 0.15) is 0 Å². The second kappa shape index (κ2) is 8.14. The molecule has 2 aromatic rings. The van der Waals surface area contributed by atoms with Gasteiger partial charge in [-0.1, -0.05) is 6.92 Å². The highest BCUT2D eigenvalue weighted by atomic mass is 15.3. The van der Waals surface area contributed by atoms with Crippen LogP contribution in [0.2, 0.25) is 0 Å². The van der Waals surface area contributed by atoms with Crippen LogP contribution in [0.4, 0.5) is 23.1 Å². The third-order valence-electron chi connectivity index (χ3n) is 4.76. The lowest BCUT2D eigenvalue weighted by molar-refractivity contribution is 0.441. The largest absolute Gasteiger partial charge is 0.372 e. The predicted molar refractivity (Wildman–Crippen MR) is 104 cm³/mol. The zero-order valence-electron chi connectivity index (χ0n) is 15.4. The molecule has 1 aliphatic heterocycles. The van der Waals surface area contributed by atoms with E-state index in [0.717, 1.165) is 43.6 Å². The summed E-state index contributed by atoms with van der Waals surface area (Å²) in [6.45, 7) is 10.7. The summed E-state index contributed by atoms with van der Waals surface area (Å²) < 4.78 is 0. The highest BCUT2D eigenvalue weighted by Crippen LogP contribution is 2.22. The molecule has 0 saturated carbocycles. The molecule has 1 fully saturated rings.